The van der Waals surface area contributed by atoms with Gasteiger partial charge >= 0.3 is 0 Å². The fourth-order valence-corrected chi connectivity index (χ4v) is 6.51. The molecule has 2 fully saturated rings. The highest BCUT2D eigenvalue weighted by molar-refractivity contribution is 7.88. The number of carbonyl (C=O) groups excluding carboxylic acids is 1. The fourth-order valence-electron chi connectivity index (χ4n) is 5.02. The molecule has 0 unspecified atom stereocenters. The van der Waals surface area contributed by atoms with Crippen LogP contribution < -0.4 is 0 Å². The lowest BCUT2D eigenvalue weighted by Gasteiger charge is -2.58. The van der Waals surface area contributed by atoms with Crippen LogP contribution in [0.5, 0.6) is 0 Å². The Kier molecular flexibility index (Phi) is 6.63. The number of hydrogen-bond donors (Lipinski definition) is 1. The summed E-state index contributed by atoms with van der Waals surface area (Å²) in [6.07, 6.45) is 0. The van der Waals surface area contributed by atoms with Gasteiger partial charge in [0, 0.05) is 23.6 Å². The molecule has 1 amide bonds. The Morgan fingerprint density at radius 3 is 2.14 bits per heavy atom. The van der Waals surface area contributed by atoms with Crippen LogP contribution in [0, 0.1) is 17.7 Å². The number of benzene rings is 3. The van der Waals surface area contributed by atoms with Crippen LogP contribution in [-0.4, -0.2) is 60.4 Å². The molecule has 2 heterocycles. The van der Waals surface area contributed by atoms with Crippen LogP contribution in [0.15, 0.2) is 78.9 Å². The lowest BCUT2D eigenvalue weighted by atomic mass is 9.74. The third kappa shape index (κ3) is 4.78. The van der Waals surface area contributed by atoms with Crippen LogP contribution in [0.25, 0.3) is 0 Å². The molecule has 2 saturated heterocycles. The van der Waals surface area contributed by atoms with E-state index in [0.29, 0.717) is 11.1 Å². The first-order valence-corrected chi connectivity index (χ1v) is 13.3. The Bertz CT molecular complexity index is 1410. The van der Waals surface area contributed by atoms with Crippen LogP contribution in [0.3, 0.4) is 0 Å². The van der Waals surface area contributed by atoms with E-state index >= 15 is 0 Å². The summed E-state index contributed by atoms with van der Waals surface area (Å²) in [4.78, 5) is 14.5. The molecular weight excluding hydrogens is 479 g/mol. The molecule has 1 N–H and O–H groups in total. The summed E-state index contributed by atoms with van der Waals surface area (Å²) in [7, 11) is -3.68. The number of sulfonamides is 1. The maximum atomic E-state index is 13.1. The normalized spacial score (nSPS) is 21.8. The Balaban J connectivity index is 1.34. The Hall–Kier alpha value is -3.51. The molecule has 0 radical (unpaired) electrons. The van der Waals surface area contributed by atoms with Crippen molar-refractivity contribution in [2.45, 2.75) is 23.8 Å². The molecule has 2 aliphatic rings. The minimum atomic E-state index is -3.68. The number of carbonyl (C=O) groups is 1. The van der Waals surface area contributed by atoms with E-state index in [-0.39, 0.29) is 49.1 Å². The molecule has 0 spiro atoms. The van der Waals surface area contributed by atoms with Crippen molar-refractivity contribution < 1.29 is 22.7 Å². The zero-order valence-corrected chi connectivity index (χ0v) is 20.2. The van der Waals surface area contributed by atoms with Crippen molar-refractivity contribution in [2.24, 2.45) is 0 Å². The fraction of sp³-hybridized carbons (Fsp3) is 0.250. The Labute approximate surface area is 210 Å². The van der Waals surface area contributed by atoms with Crippen LogP contribution in [0.4, 0.5) is 4.39 Å². The molecule has 8 heteroatoms. The molecule has 0 bridgehead atoms. The highest BCUT2D eigenvalue weighted by atomic mass is 32.2. The molecule has 3 aromatic rings. The molecule has 5 rings (SSSR count). The molecule has 0 aliphatic carbocycles. The highest BCUT2D eigenvalue weighted by Gasteiger charge is 2.55. The van der Waals surface area contributed by atoms with Crippen LogP contribution in [-0.2, 0) is 20.6 Å². The van der Waals surface area contributed by atoms with Gasteiger partial charge in [0.15, 0.2) is 0 Å². The topological polar surface area (TPSA) is 77.9 Å². The second-order valence-electron chi connectivity index (χ2n) is 9.06. The lowest BCUT2D eigenvalue weighted by molar-refractivity contribution is -0.158. The molecule has 184 valence electrons. The van der Waals surface area contributed by atoms with Crippen molar-refractivity contribution >= 4 is 15.9 Å². The van der Waals surface area contributed by atoms with Crippen molar-refractivity contribution in [2.75, 3.05) is 19.7 Å². The molecule has 6 nitrogen and oxygen atoms in total. The SMILES string of the molecule is O=C1CN(S(=O)(=O)Cc2ccccc2)C[C@H]2[C@H](c3ccc(C#Cc4ccc(F)cc4)cc3)[C@@H](CO)N12. The Morgan fingerprint density at radius 1 is 0.917 bits per heavy atom. The van der Waals surface area contributed by atoms with Gasteiger partial charge < -0.3 is 10.0 Å². The van der Waals surface area contributed by atoms with Crippen molar-refractivity contribution in [3.8, 4) is 11.8 Å². The average Bonchev–Trinajstić information content (AvgIpc) is 2.86. The first-order valence-electron chi connectivity index (χ1n) is 11.7. The van der Waals surface area contributed by atoms with Crippen molar-refractivity contribution in [3.63, 3.8) is 0 Å². The maximum Gasteiger partial charge on any atom is 0.238 e. The second-order valence-corrected chi connectivity index (χ2v) is 11.0. The second kappa shape index (κ2) is 9.86. The largest absolute Gasteiger partial charge is 0.394 e. The van der Waals surface area contributed by atoms with Gasteiger partial charge in [-0.1, -0.05) is 54.3 Å². The summed E-state index contributed by atoms with van der Waals surface area (Å²) in [6, 6.07) is 21.6. The third-order valence-corrected chi connectivity index (χ3v) is 8.56. The summed E-state index contributed by atoms with van der Waals surface area (Å²) in [5.41, 5.74) is 3.06. The highest BCUT2D eigenvalue weighted by Crippen LogP contribution is 2.43. The predicted octanol–water partition coefficient (Wildman–Crippen LogP) is 2.73. The Morgan fingerprint density at radius 2 is 1.53 bits per heavy atom. The van der Waals surface area contributed by atoms with E-state index in [9.17, 15) is 22.7 Å². The van der Waals surface area contributed by atoms with Gasteiger partial charge in [0.2, 0.25) is 15.9 Å². The minimum absolute atomic E-state index is 0.163. The monoisotopic (exact) mass is 504 g/mol. The van der Waals surface area contributed by atoms with Gasteiger partial charge in [-0.25, -0.2) is 12.8 Å². The molecule has 0 saturated carbocycles. The van der Waals surface area contributed by atoms with Crippen molar-refractivity contribution in [1.29, 1.82) is 0 Å². The number of aliphatic hydroxyl groups is 1. The van der Waals surface area contributed by atoms with Crippen LogP contribution >= 0.6 is 0 Å². The quantitative estimate of drug-likeness (QED) is 0.542. The van der Waals surface area contributed by atoms with Gasteiger partial charge in [-0.15, -0.1) is 0 Å². The number of piperazine rings is 1. The number of rotatable bonds is 5. The van der Waals surface area contributed by atoms with Gasteiger partial charge in [-0.05, 0) is 47.5 Å². The van der Waals surface area contributed by atoms with Crippen molar-refractivity contribution in [1.82, 2.24) is 9.21 Å². The molecule has 3 atom stereocenters. The zero-order valence-electron chi connectivity index (χ0n) is 19.4. The third-order valence-electron chi connectivity index (χ3n) is 6.80. The summed E-state index contributed by atoms with van der Waals surface area (Å²) in [6.45, 7) is -0.225. The maximum absolute atomic E-state index is 13.1. The summed E-state index contributed by atoms with van der Waals surface area (Å²) in [5.74, 6) is 5.09. The number of halogens is 1. The standard InChI is InChI=1S/C28H25FN2O4S/c29-24-14-10-21(11-15-24)7-6-20-8-12-23(13-9-20)28-25-16-30(17-27(33)31(25)26(28)18-32)36(34,35)19-22-4-2-1-3-5-22/h1-5,8-15,25-26,28,32H,16-19H2/t25-,26+,28-/m0/s1. The van der Waals surface area contributed by atoms with Gasteiger partial charge in [0.1, 0.15) is 5.82 Å². The van der Waals surface area contributed by atoms with E-state index in [1.165, 1.54) is 16.4 Å². The number of nitrogens with zero attached hydrogens (tertiary/aromatic N) is 2. The lowest BCUT2D eigenvalue weighted by Crippen LogP contribution is -2.73. The van der Waals surface area contributed by atoms with E-state index in [1.807, 2.05) is 30.3 Å². The van der Waals surface area contributed by atoms with E-state index < -0.39 is 16.1 Å². The molecule has 2 aliphatic heterocycles. The number of aliphatic hydroxyl groups excluding tert-OH is 1. The van der Waals surface area contributed by atoms with Gasteiger partial charge in [-0.3, -0.25) is 4.79 Å². The number of amides is 1. The average molecular weight is 505 g/mol. The number of fused-ring (bicyclic) bond motifs is 1. The van der Waals surface area contributed by atoms with Crippen LogP contribution in [0.2, 0.25) is 0 Å². The van der Waals surface area contributed by atoms with Gasteiger partial charge in [-0.2, -0.15) is 4.31 Å². The molecule has 0 aromatic heterocycles. The van der Waals surface area contributed by atoms with E-state index in [4.69, 9.17) is 0 Å². The minimum Gasteiger partial charge on any atom is -0.394 e. The van der Waals surface area contributed by atoms with E-state index in [0.717, 1.165) is 11.1 Å². The summed E-state index contributed by atoms with van der Waals surface area (Å²) >= 11 is 0. The van der Waals surface area contributed by atoms with Gasteiger partial charge in [0.05, 0.1) is 31.0 Å². The first kappa shape index (κ1) is 24.2. The first-order chi connectivity index (χ1) is 17.4. The molecular formula is C28H25FN2O4S. The van der Waals surface area contributed by atoms with Gasteiger partial charge in [0.25, 0.3) is 0 Å². The van der Waals surface area contributed by atoms with E-state index in [2.05, 4.69) is 11.8 Å². The smallest absolute Gasteiger partial charge is 0.238 e. The predicted molar refractivity (Wildman–Crippen MR) is 134 cm³/mol. The zero-order chi connectivity index (χ0) is 25.3. The number of hydrogen-bond acceptors (Lipinski definition) is 4. The van der Waals surface area contributed by atoms with Crippen LogP contribution in [0.1, 0.15) is 28.2 Å². The van der Waals surface area contributed by atoms with E-state index in [1.54, 1.807) is 41.3 Å². The summed E-state index contributed by atoms with van der Waals surface area (Å²) in [5, 5.41) is 10.0. The summed E-state index contributed by atoms with van der Waals surface area (Å²) < 4.78 is 40.5. The molecule has 3 aromatic carbocycles. The van der Waals surface area contributed by atoms with Crippen molar-refractivity contribution in [3.05, 3.63) is 107 Å². The molecule has 36 heavy (non-hydrogen) atoms.